The minimum atomic E-state index is -0.991. The SMILES string of the molecule is CC1(c2cccc([N+](=O)[O-])c2)CC=CC(=O)NC1=O. The number of nitro benzene ring substituents is 1. The van der Waals surface area contributed by atoms with Crippen molar-refractivity contribution in [2.75, 3.05) is 0 Å². The number of hydrogen-bond acceptors (Lipinski definition) is 4. The molecule has 1 atom stereocenters. The number of hydrogen-bond donors (Lipinski definition) is 1. The Morgan fingerprint density at radius 1 is 1.37 bits per heavy atom. The fraction of sp³-hybridized carbons (Fsp3) is 0.231. The van der Waals surface area contributed by atoms with Gasteiger partial charge in [0, 0.05) is 12.1 Å². The molecule has 6 heteroatoms. The van der Waals surface area contributed by atoms with E-state index in [9.17, 15) is 19.7 Å². The molecule has 0 saturated heterocycles. The van der Waals surface area contributed by atoms with Crippen LogP contribution in [-0.2, 0) is 15.0 Å². The highest BCUT2D eigenvalue weighted by Crippen LogP contribution is 2.31. The van der Waals surface area contributed by atoms with Crippen LogP contribution in [-0.4, -0.2) is 16.7 Å². The molecule has 0 saturated carbocycles. The average molecular weight is 260 g/mol. The van der Waals surface area contributed by atoms with Crippen molar-refractivity contribution in [3.05, 3.63) is 52.1 Å². The van der Waals surface area contributed by atoms with Gasteiger partial charge in [-0.05, 0) is 25.0 Å². The Kier molecular flexibility index (Phi) is 3.16. The topological polar surface area (TPSA) is 89.3 Å². The summed E-state index contributed by atoms with van der Waals surface area (Å²) < 4.78 is 0. The van der Waals surface area contributed by atoms with Crippen molar-refractivity contribution in [1.29, 1.82) is 0 Å². The number of benzene rings is 1. The van der Waals surface area contributed by atoms with E-state index in [1.807, 2.05) is 0 Å². The molecule has 1 aromatic rings. The first-order chi connectivity index (χ1) is 8.93. The summed E-state index contributed by atoms with van der Waals surface area (Å²) in [5.74, 6) is -0.929. The maximum atomic E-state index is 12.1. The summed E-state index contributed by atoms with van der Waals surface area (Å²) in [6.07, 6.45) is 3.20. The van der Waals surface area contributed by atoms with Crippen LogP contribution in [0.1, 0.15) is 18.9 Å². The summed E-state index contributed by atoms with van der Waals surface area (Å²) in [4.78, 5) is 33.6. The molecule has 98 valence electrons. The van der Waals surface area contributed by atoms with Crippen LogP contribution in [0.4, 0.5) is 5.69 Å². The fourth-order valence-electron chi connectivity index (χ4n) is 2.00. The number of amides is 2. The number of nitrogens with one attached hydrogen (secondary N) is 1. The van der Waals surface area contributed by atoms with E-state index in [1.165, 1.54) is 24.3 Å². The molecule has 0 fully saturated rings. The molecule has 0 radical (unpaired) electrons. The Morgan fingerprint density at radius 2 is 2.11 bits per heavy atom. The minimum absolute atomic E-state index is 0.0777. The zero-order chi connectivity index (χ0) is 14.0. The third kappa shape index (κ3) is 2.37. The van der Waals surface area contributed by atoms with E-state index in [1.54, 1.807) is 19.1 Å². The number of non-ortho nitro benzene ring substituents is 1. The monoisotopic (exact) mass is 260 g/mol. The molecule has 0 bridgehead atoms. The zero-order valence-corrected chi connectivity index (χ0v) is 10.3. The molecule has 2 amide bonds. The van der Waals surface area contributed by atoms with Crippen molar-refractivity contribution >= 4 is 17.5 Å². The standard InChI is InChI=1S/C13H12N2O4/c1-13(7-3-6-11(16)14-12(13)17)9-4-2-5-10(8-9)15(18)19/h2-6,8H,7H2,1H3,(H,14,16,17). The Labute approximate surface area is 109 Å². The van der Waals surface area contributed by atoms with E-state index >= 15 is 0 Å². The molecule has 0 aromatic heterocycles. The predicted octanol–water partition coefficient (Wildman–Crippen LogP) is 1.46. The van der Waals surface area contributed by atoms with Gasteiger partial charge in [-0.15, -0.1) is 0 Å². The van der Waals surface area contributed by atoms with Crippen molar-refractivity contribution in [1.82, 2.24) is 5.32 Å². The molecule has 0 spiro atoms. The number of nitrogens with zero attached hydrogens (tertiary/aromatic N) is 1. The Bertz CT molecular complexity index is 594. The number of rotatable bonds is 2. The Hall–Kier alpha value is -2.50. The molecule has 1 N–H and O–H groups in total. The number of carbonyl (C=O) groups excluding carboxylic acids is 2. The Morgan fingerprint density at radius 3 is 2.79 bits per heavy atom. The molecular formula is C13H12N2O4. The lowest BCUT2D eigenvalue weighted by Gasteiger charge is -2.25. The smallest absolute Gasteiger partial charge is 0.269 e. The molecule has 19 heavy (non-hydrogen) atoms. The molecule has 1 heterocycles. The van der Waals surface area contributed by atoms with Gasteiger partial charge in [0.15, 0.2) is 0 Å². The van der Waals surface area contributed by atoms with Crippen LogP contribution in [0.15, 0.2) is 36.4 Å². The second-order valence-corrected chi connectivity index (χ2v) is 4.56. The summed E-state index contributed by atoms with van der Waals surface area (Å²) in [7, 11) is 0. The van der Waals surface area contributed by atoms with Crippen molar-refractivity contribution in [2.24, 2.45) is 0 Å². The van der Waals surface area contributed by atoms with E-state index in [-0.39, 0.29) is 5.69 Å². The van der Waals surface area contributed by atoms with Gasteiger partial charge in [0.1, 0.15) is 0 Å². The lowest BCUT2D eigenvalue weighted by Crippen LogP contribution is -2.42. The molecule has 1 aliphatic heterocycles. The van der Waals surface area contributed by atoms with Gasteiger partial charge < -0.3 is 0 Å². The molecule has 2 rings (SSSR count). The number of imide groups is 1. The van der Waals surface area contributed by atoms with Crippen molar-refractivity contribution in [2.45, 2.75) is 18.8 Å². The number of nitro groups is 1. The van der Waals surface area contributed by atoms with Crippen LogP contribution in [0, 0.1) is 10.1 Å². The highest BCUT2D eigenvalue weighted by molar-refractivity contribution is 6.05. The van der Waals surface area contributed by atoms with E-state index in [0.29, 0.717) is 12.0 Å². The van der Waals surface area contributed by atoms with Crippen LogP contribution in [0.5, 0.6) is 0 Å². The molecule has 1 aromatic carbocycles. The maximum absolute atomic E-state index is 12.1. The van der Waals surface area contributed by atoms with E-state index in [0.717, 1.165) is 0 Å². The Balaban J connectivity index is 2.46. The number of carbonyl (C=O) groups is 2. The first-order valence-corrected chi connectivity index (χ1v) is 5.70. The van der Waals surface area contributed by atoms with Crippen LogP contribution in [0.3, 0.4) is 0 Å². The lowest BCUT2D eigenvalue weighted by atomic mass is 9.78. The summed E-state index contributed by atoms with van der Waals surface area (Å²) in [5.41, 5.74) is -0.557. The quantitative estimate of drug-likeness (QED) is 0.495. The normalized spacial score (nSPS) is 22.8. The minimum Gasteiger partial charge on any atom is -0.292 e. The van der Waals surface area contributed by atoms with E-state index in [2.05, 4.69) is 5.32 Å². The van der Waals surface area contributed by atoms with Gasteiger partial charge in [0.25, 0.3) is 5.69 Å². The summed E-state index contributed by atoms with van der Waals surface area (Å²) >= 11 is 0. The van der Waals surface area contributed by atoms with Crippen LogP contribution >= 0.6 is 0 Å². The first-order valence-electron chi connectivity index (χ1n) is 5.70. The van der Waals surface area contributed by atoms with Crippen molar-refractivity contribution in [3.8, 4) is 0 Å². The molecule has 0 aliphatic carbocycles. The van der Waals surface area contributed by atoms with E-state index < -0.39 is 22.2 Å². The maximum Gasteiger partial charge on any atom is 0.269 e. The second-order valence-electron chi connectivity index (χ2n) is 4.56. The lowest BCUT2D eigenvalue weighted by molar-refractivity contribution is -0.384. The zero-order valence-electron chi connectivity index (χ0n) is 10.3. The van der Waals surface area contributed by atoms with Gasteiger partial charge in [0.05, 0.1) is 10.3 Å². The van der Waals surface area contributed by atoms with E-state index in [4.69, 9.17) is 0 Å². The van der Waals surface area contributed by atoms with Gasteiger partial charge in [-0.25, -0.2) is 0 Å². The molecular weight excluding hydrogens is 248 g/mol. The highest BCUT2D eigenvalue weighted by Gasteiger charge is 2.37. The third-order valence-corrected chi connectivity index (χ3v) is 3.23. The third-order valence-electron chi connectivity index (χ3n) is 3.23. The molecule has 6 nitrogen and oxygen atoms in total. The van der Waals surface area contributed by atoms with Gasteiger partial charge >= 0.3 is 0 Å². The summed E-state index contributed by atoms with van der Waals surface area (Å²) in [6.45, 7) is 1.66. The van der Waals surface area contributed by atoms with Gasteiger partial charge in [0.2, 0.25) is 11.8 Å². The van der Waals surface area contributed by atoms with Gasteiger partial charge in [-0.3, -0.25) is 25.0 Å². The predicted molar refractivity (Wildman–Crippen MR) is 67.4 cm³/mol. The molecule has 1 unspecified atom stereocenters. The van der Waals surface area contributed by atoms with Crippen LogP contribution in [0.25, 0.3) is 0 Å². The average Bonchev–Trinajstić information content (AvgIpc) is 2.50. The summed E-state index contributed by atoms with van der Waals surface area (Å²) in [5, 5.41) is 13.0. The van der Waals surface area contributed by atoms with Gasteiger partial charge in [-0.2, -0.15) is 0 Å². The van der Waals surface area contributed by atoms with Crippen molar-refractivity contribution < 1.29 is 14.5 Å². The second kappa shape index (κ2) is 4.64. The largest absolute Gasteiger partial charge is 0.292 e. The van der Waals surface area contributed by atoms with Crippen LogP contribution in [0.2, 0.25) is 0 Å². The first kappa shape index (κ1) is 12.9. The number of allylic oxidation sites excluding steroid dienone is 1. The van der Waals surface area contributed by atoms with Gasteiger partial charge in [-0.1, -0.05) is 18.2 Å². The van der Waals surface area contributed by atoms with Crippen LogP contribution < -0.4 is 5.32 Å². The fourth-order valence-corrected chi connectivity index (χ4v) is 2.00. The van der Waals surface area contributed by atoms with Crippen molar-refractivity contribution in [3.63, 3.8) is 0 Å². The summed E-state index contributed by atoms with van der Waals surface area (Å²) in [6, 6.07) is 5.91. The highest BCUT2D eigenvalue weighted by atomic mass is 16.6. The molecule has 1 aliphatic rings.